The number of unbranched alkanes of at least 4 members (excludes halogenated alkanes) is 7. The Hall–Kier alpha value is -4.11. The monoisotopic (exact) mass is 613 g/mol. The van der Waals surface area contributed by atoms with E-state index in [0.717, 1.165) is 80.5 Å². The van der Waals surface area contributed by atoms with E-state index >= 15 is 0 Å². The van der Waals surface area contributed by atoms with Gasteiger partial charge in [-0.05, 0) is 92.1 Å². The molecule has 0 atom stereocenters. The first kappa shape index (κ1) is 33.8. The Morgan fingerprint density at radius 2 is 1.13 bits per heavy atom. The van der Waals surface area contributed by atoms with Crippen molar-refractivity contribution < 1.29 is 19.0 Å². The number of benzene rings is 3. The molecular weight excluding hydrogens is 566 g/mol. The molecule has 9 heteroatoms. The summed E-state index contributed by atoms with van der Waals surface area (Å²) in [5.41, 5.74) is 4.27. The van der Waals surface area contributed by atoms with Crippen LogP contribution in [0.1, 0.15) is 71.1 Å². The van der Waals surface area contributed by atoms with Crippen molar-refractivity contribution in [2.24, 2.45) is 20.5 Å². The minimum absolute atomic E-state index is 0.102. The first-order valence-corrected chi connectivity index (χ1v) is 16.4. The van der Waals surface area contributed by atoms with Crippen molar-refractivity contribution in [1.29, 1.82) is 0 Å². The van der Waals surface area contributed by atoms with E-state index in [4.69, 9.17) is 14.2 Å². The van der Waals surface area contributed by atoms with Gasteiger partial charge in [-0.25, -0.2) is 0 Å². The fraction of sp³-hybridized carbons (Fsp3) is 0.472. The number of ether oxygens (including phenoxy) is 3. The van der Waals surface area contributed by atoms with E-state index in [1.54, 1.807) is 0 Å². The summed E-state index contributed by atoms with van der Waals surface area (Å²) in [6.07, 6.45) is 10.7. The van der Waals surface area contributed by atoms with Crippen LogP contribution in [0.5, 0.6) is 5.75 Å². The Morgan fingerprint density at radius 1 is 0.644 bits per heavy atom. The van der Waals surface area contributed by atoms with Crippen LogP contribution in [0.25, 0.3) is 0 Å². The predicted octanol–water partition coefficient (Wildman–Crippen LogP) is 10.2. The number of hydrogen-bond acceptors (Lipinski definition) is 9. The molecule has 45 heavy (non-hydrogen) atoms. The summed E-state index contributed by atoms with van der Waals surface area (Å²) in [6.45, 7) is 6.62. The van der Waals surface area contributed by atoms with Crippen LogP contribution in [0.15, 0.2) is 93.3 Å². The normalized spacial score (nSPS) is 13.8. The van der Waals surface area contributed by atoms with Crippen molar-refractivity contribution in [3.63, 3.8) is 0 Å². The second kappa shape index (κ2) is 20.0. The lowest BCUT2D eigenvalue weighted by Crippen LogP contribution is -2.25. The topological polar surface area (TPSA) is 97.4 Å². The first-order valence-electron chi connectivity index (χ1n) is 16.4. The summed E-state index contributed by atoms with van der Waals surface area (Å²) in [7, 11) is 0. The highest BCUT2D eigenvalue weighted by atomic mass is 16.5. The molecule has 0 spiro atoms. The standard InChI is InChI=1S/C36H47N5O4/c1-2-36(42)45-28-10-8-6-4-3-5-7-9-27-44-35-22-18-33(19-23-35)40-38-31-14-12-30(13-15-31)37-39-32-16-20-34(21-17-32)41-24-11-26-43-29-25-41/h12-23H,2-11,24-29H2,1H3. The average Bonchev–Trinajstić information content (AvgIpc) is 3.38. The van der Waals surface area contributed by atoms with E-state index in [1.165, 1.54) is 37.8 Å². The zero-order valence-corrected chi connectivity index (χ0v) is 26.6. The number of esters is 1. The quantitative estimate of drug-likeness (QED) is 0.0808. The van der Waals surface area contributed by atoms with Gasteiger partial charge in [-0.15, -0.1) is 0 Å². The molecule has 1 saturated heterocycles. The van der Waals surface area contributed by atoms with Crippen LogP contribution in [0, 0.1) is 0 Å². The maximum absolute atomic E-state index is 11.1. The van der Waals surface area contributed by atoms with Gasteiger partial charge in [-0.3, -0.25) is 4.79 Å². The number of rotatable bonds is 18. The van der Waals surface area contributed by atoms with Gasteiger partial charge in [-0.2, -0.15) is 20.5 Å². The highest BCUT2D eigenvalue weighted by Crippen LogP contribution is 2.26. The molecule has 0 aromatic heterocycles. The Bertz CT molecular complexity index is 1300. The van der Waals surface area contributed by atoms with E-state index in [9.17, 15) is 4.79 Å². The number of carbonyl (C=O) groups is 1. The van der Waals surface area contributed by atoms with Gasteiger partial charge in [-0.1, -0.05) is 45.4 Å². The second-order valence-corrected chi connectivity index (χ2v) is 11.1. The second-order valence-electron chi connectivity index (χ2n) is 11.1. The Balaban J connectivity index is 1.08. The van der Waals surface area contributed by atoms with Gasteiger partial charge in [0.1, 0.15) is 5.75 Å². The van der Waals surface area contributed by atoms with Crippen LogP contribution < -0.4 is 9.64 Å². The summed E-state index contributed by atoms with van der Waals surface area (Å²) < 4.78 is 16.5. The molecule has 1 aliphatic rings. The molecule has 0 saturated carbocycles. The van der Waals surface area contributed by atoms with Gasteiger partial charge in [0, 0.05) is 31.8 Å². The molecule has 0 bridgehead atoms. The van der Waals surface area contributed by atoms with E-state index in [-0.39, 0.29) is 5.97 Å². The average molecular weight is 614 g/mol. The molecule has 1 heterocycles. The maximum atomic E-state index is 11.1. The Labute approximate surface area is 267 Å². The van der Waals surface area contributed by atoms with Crippen LogP contribution >= 0.6 is 0 Å². The fourth-order valence-electron chi connectivity index (χ4n) is 4.90. The SMILES string of the molecule is CCC(=O)OCCCCCCCCCCOc1ccc(N=Nc2ccc(N=Nc3ccc(N4CCCOCC4)cc3)cc2)cc1. The van der Waals surface area contributed by atoms with E-state index in [2.05, 4.69) is 37.5 Å². The summed E-state index contributed by atoms with van der Waals surface area (Å²) in [4.78, 5) is 13.4. The number of azo groups is 2. The molecular formula is C36H47N5O4. The van der Waals surface area contributed by atoms with Gasteiger partial charge in [0.2, 0.25) is 0 Å². The van der Waals surface area contributed by atoms with Crippen molar-refractivity contribution in [1.82, 2.24) is 0 Å². The molecule has 0 aliphatic carbocycles. The molecule has 3 aromatic carbocycles. The molecule has 9 nitrogen and oxygen atoms in total. The van der Waals surface area contributed by atoms with Gasteiger partial charge >= 0.3 is 5.97 Å². The van der Waals surface area contributed by atoms with Crippen molar-refractivity contribution in [3.8, 4) is 5.75 Å². The van der Waals surface area contributed by atoms with Gasteiger partial charge in [0.05, 0.1) is 42.6 Å². The molecule has 1 fully saturated rings. The van der Waals surface area contributed by atoms with E-state index in [1.807, 2.05) is 67.6 Å². The summed E-state index contributed by atoms with van der Waals surface area (Å²) in [5, 5.41) is 17.4. The Morgan fingerprint density at radius 3 is 1.69 bits per heavy atom. The van der Waals surface area contributed by atoms with Gasteiger partial charge in [0.25, 0.3) is 0 Å². The van der Waals surface area contributed by atoms with Crippen molar-refractivity contribution in [3.05, 3.63) is 72.8 Å². The molecule has 0 unspecified atom stereocenters. The van der Waals surface area contributed by atoms with Crippen LogP contribution in [0.4, 0.5) is 28.4 Å². The molecule has 0 amide bonds. The highest BCUT2D eigenvalue weighted by molar-refractivity contribution is 5.68. The summed E-state index contributed by atoms with van der Waals surface area (Å²) in [6, 6.07) is 23.4. The maximum Gasteiger partial charge on any atom is 0.305 e. The lowest BCUT2D eigenvalue weighted by atomic mass is 10.1. The van der Waals surface area contributed by atoms with Crippen LogP contribution in [0.2, 0.25) is 0 Å². The first-order chi connectivity index (χ1) is 22.2. The Kier molecular flexibility index (Phi) is 15.0. The van der Waals surface area contributed by atoms with E-state index < -0.39 is 0 Å². The number of anilines is 1. The minimum atomic E-state index is -0.102. The van der Waals surface area contributed by atoms with Gasteiger partial charge in [0.15, 0.2) is 0 Å². The van der Waals surface area contributed by atoms with E-state index in [0.29, 0.717) is 19.6 Å². The number of nitrogens with zero attached hydrogens (tertiary/aromatic N) is 5. The third kappa shape index (κ3) is 13.2. The zero-order valence-electron chi connectivity index (χ0n) is 26.6. The molecule has 4 rings (SSSR count). The third-order valence-corrected chi connectivity index (χ3v) is 7.54. The lowest BCUT2D eigenvalue weighted by molar-refractivity contribution is -0.143. The minimum Gasteiger partial charge on any atom is -0.494 e. The molecule has 240 valence electrons. The third-order valence-electron chi connectivity index (χ3n) is 7.54. The molecule has 0 radical (unpaired) electrons. The number of hydrogen-bond donors (Lipinski definition) is 0. The van der Waals surface area contributed by atoms with Crippen LogP contribution in [-0.2, 0) is 14.3 Å². The van der Waals surface area contributed by atoms with Gasteiger partial charge < -0.3 is 19.1 Å². The van der Waals surface area contributed by atoms with Crippen LogP contribution in [0.3, 0.4) is 0 Å². The highest BCUT2D eigenvalue weighted by Gasteiger charge is 2.09. The van der Waals surface area contributed by atoms with Crippen LogP contribution in [-0.4, -0.2) is 45.5 Å². The smallest absolute Gasteiger partial charge is 0.305 e. The lowest BCUT2D eigenvalue weighted by Gasteiger charge is -2.21. The van der Waals surface area contributed by atoms with Crippen molar-refractivity contribution in [2.45, 2.75) is 71.1 Å². The van der Waals surface area contributed by atoms with Crippen molar-refractivity contribution >= 4 is 34.4 Å². The largest absolute Gasteiger partial charge is 0.494 e. The van der Waals surface area contributed by atoms with Crippen molar-refractivity contribution in [2.75, 3.05) is 44.4 Å². The summed E-state index contributed by atoms with van der Waals surface area (Å²) in [5.74, 6) is 0.744. The summed E-state index contributed by atoms with van der Waals surface area (Å²) >= 11 is 0. The fourth-order valence-corrected chi connectivity index (χ4v) is 4.90. The predicted molar refractivity (Wildman–Crippen MR) is 179 cm³/mol. The molecule has 0 N–H and O–H groups in total. The molecule has 1 aliphatic heterocycles. The zero-order chi connectivity index (χ0) is 31.4. The number of carbonyl (C=O) groups excluding carboxylic acids is 1. The molecule has 3 aromatic rings.